The highest BCUT2D eigenvalue weighted by Crippen LogP contribution is 2.47. The average molecular weight is 505 g/mol. The third-order valence-corrected chi connectivity index (χ3v) is 6.95. The molecule has 0 spiro atoms. The van der Waals surface area contributed by atoms with Crippen LogP contribution in [0.2, 0.25) is 0 Å². The van der Waals surface area contributed by atoms with E-state index in [4.69, 9.17) is 5.73 Å². The average Bonchev–Trinajstić information content (AvgIpc) is 3.00. The quantitative estimate of drug-likeness (QED) is 0.222. The van der Waals surface area contributed by atoms with Crippen molar-refractivity contribution in [2.75, 3.05) is 10.6 Å². The van der Waals surface area contributed by atoms with E-state index in [1.54, 1.807) is 0 Å². The largest absolute Gasteiger partial charge is 0.507 e. The summed E-state index contributed by atoms with van der Waals surface area (Å²) in [6, 6.07) is 50.8. The summed E-state index contributed by atoms with van der Waals surface area (Å²) in [4.78, 5) is 2.22. The lowest BCUT2D eigenvalue weighted by Crippen LogP contribution is -2.09. The second kappa shape index (κ2) is 10.6. The number of aromatic hydroxyl groups is 1. The Morgan fingerprint density at radius 1 is 0.436 bits per heavy atom. The van der Waals surface area contributed by atoms with Gasteiger partial charge in [0.1, 0.15) is 5.75 Å². The lowest BCUT2D eigenvalue weighted by atomic mass is 9.90. The maximum absolute atomic E-state index is 11.6. The first-order chi connectivity index (χ1) is 19.2. The third-order valence-electron chi connectivity index (χ3n) is 6.95. The number of benzene rings is 6. The minimum absolute atomic E-state index is 0.175. The van der Waals surface area contributed by atoms with Crippen molar-refractivity contribution in [3.05, 3.63) is 152 Å². The van der Waals surface area contributed by atoms with Crippen molar-refractivity contribution in [3.63, 3.8) is 0 Å². The number of anilines is 4. The Bertz CT molecular complexity index is 1640. The van der Waals surface area contributed by atoms with Crippen LogP contribution in [-0.4, -0.2) is 5.11 Å². The molecule has 6 aromatic carbocycles. The predicted molar refractivity (Wildman–Crippen MR) is 164 cm³/mol. The molecule has 0 aliphatic carbocycles. The van der Waals surface area contributed by atoms with E-state index in [0.29, 0.717) is 11.3 Å². The summed E-state index contributed by atoms with van der Waals surface area (Å²) in [6.45, 7) is 0. The summed E-state index contributed by atoms with van der Waals surface area (Å²) >= 11 is 0. The molecule has 0 saturated heterocycles. The molecule has 6 aromatic rings. The van der Waals surface area contributed by atoms with Crippen molar-refractivity contribution >= 4 is 22.7 Å². The Morgan fingerprint density at radius 3 is 1.36 bits per heavy atom. The predicted octanol–water partition coefficient (Wildman–Crippen LogP) is 9.45. The van der Waals surface area contributed by atoms with E-state index < -0.39 is 0 Å². The van der Waals surface area contributed by atoms with E-state index in [1.807, 2.05) is 103 Å². The van der Waals surface area contributed by atoms with E-state index in [-0.39, 0.29) is 5.75 Å². The van der Waals surface area contributed by atoms with E-state index in [0.717, 1.165) is 44.9 Å². The molecule has 3 nitrogen and oxygen atoms in total. The van der Waals surface area contributed by atoms with Gasteiger partial charge in [-0.05, 0) is 59.2 Å². The summed E-state index contributed by atoms with van der Waals surface area (Å²) in [5, 5.41) is 11.6. The molecule has 0 atom stereocenters. The van der Waals surface area contributed by atoms with Crippen molar-refractivity contribution in [1.29, 1.82) is 0 Å². The number of phenolic OH excluding ortho intramolecular Hbond substituents is 1. The fourth-order valence-electron chi connectivity index (χ4n) is 5.05. The van der Waals surface area contributed by atoms with Gasteiger partial charge in [0.25, 0.3) is 0 Å². The molecule has 3 heteroatoms. The molecular formula is C36H28N2O. The lowest BCUT2D eigenvalue weighted by Gasteiger charge is -2.25. The second-order valence-corrected chi connectivity index (χ2v) is 9.39. The van der Waals surface area contributed by atoms with Crippen LogP contribution in [0.15, 0.2) is 152 Å². The van der Waals surface area contributed by atoms with Crippen LogP contribution in [0.25, 0.3) is 33.4 Å². The van der Waals surface area contributed by atoms with Crippen LogP contribution < -0.4 is 10.6 Å². The molecule has 3 N–H and O–H groups in total. The molecule has 0 amide bonds. The fourth-order valence-corrected chi connectivity index (χ4v) is 5.05. The lowest BCUT2D eigenvalue weighted by molar-refractivity contribution is 0.479. The molecule has 0 aliphatic rings. The van der Waals surface area contributed by atoms with Crippen LogP contribution in [0, 0.1) is 0 Å². The Balaban J connectivity index is 1.49. The fraction of sp³-hybridized carbons (Fsp3) is 0. The normalized spacial score (nSPS) is 10.8. The molecule has 0 bridgehead atoms. The van der Waals surface area contributed by atoms with Crippen LogP contribution in [0.1, 0.15) is 0 Å². The van der Waals surface area contributed by atoms with Gasteiger partial charge in [-0.25, -0.2) is 0 Å². The first-order valence-electron chi connectivity index (χ1n) is 13.0. The van der Waals surface area contributed by atoms with Gasteiger partial charge in [0.05, 0.1) is 5.69 Å². The van der Waals surface area contributed by atoms with Crippen molar-refractivity contribution in [3.8, 4) is 39.1 Å². The van der Waals surface area contributed by atoms with E-state index >= 15 is 0 Å². The van der Waals surface area contributed by atoms with Crippen LogP contribution in [0.5, 0.6) is 5.75 Å². The van der Waals surface area contributed by atoms with Crippen LogP contribution >= 0.6 is 0 Å². The number of nitrogens with zero attached hydrogens (tertiary/aromatic N) is 1. The molecule has 0 aliphatic heterocycles. The Hall–Kier alpha value is -5.28. The molecule has 39 heavy (non-hydrogen) atoms. The number of nitrogen functional groups attached to an aromatic ring is 1. The first-order valence-corrected chi connectivity index (χ1v) is 13.0. The molecule has 188 valence electrons. The molecular weight excluding hydrogens is 476 g/mol. The van der Waals surface area contributed by atoms with E-state index in [1.165, 1.54) is 0 Å². The second-order valence-electron chi connectivity index (χ2n) is 9.39. The number of para-hydroxylation sites is 2. The molecule has 0 saturated carbocycles. The molecule has 0 radical (unpaired) electrons. The van der Waals surface area contributed by atoms with Gasteiger partial charge in [-0.1, -0.05) is 109 Å². The van der Waals surface area contributed by atoms with Crippen molar-refractivity contribution in [2.24, 2.45) is 0 Å². The smallest absolute Gasteiger partial charge is 0.133 e. The number of nitrogens with two attached hydrogens (primary N) is 1. The van der Waals surface area contributed by atoms with Gasteiger partial charge in [0.15, 0.2) is 0 Å². The molecule has 0 fully saturated rings. The SMILES string of the molecule is Nc1c(-c2ccccc2)cc(-c2ccc(N(c3ccccc3)c3ccccc3)cc2)c(O)c1-c1ccccc1. The molecule has 0 heterocycles. The highest BCUT2D eigenvalue weighted by Gasteiger charge is 2.20. The van der Waals surface area contributed by atoms with E-state index in [9.17, 15) is 5.11 Å². The summed E-state index contributed by atoms with van der Waals surface area (Å²) in [5.41, 5.74) is 15.5. The summed E-state index contributed by atoms with van der Waals surface area (Å²) in [6.07, 6.45) is 0. The monoisotopic (exact) mass is 504 g/mol. The highest BCUT2D eigenvalue weighted by atomic mass is 16.3. The highest BCUT2D eigenvalue weighted by molar-refractivity contribution is 5.98. The summed E-state index contributed by atoms with van der Waals surface area (Å²) in [7, 11) is 0. The molecule has 0 aromatic heterocycles. The van der Waals surface area contributed by atoms with E-state index in [2.05, 4.69) is 53.4 Å². The standard InChI is InChI=1S/C36H28N2O/c37-35-32(26-13-5-1-6-14-26)25-33(36(39)34(35)28-15-7-2-8-16-28)27-21-23-31(24-22-27)38(29-17-9-3-10-18-29)30-19-11-4-12-20-30/h1-25,39H,37H2. The van der Waals surface area contributed by atoms with Gasteiger partial charge >= 0.3 is 0 Å². The van der Waals surface area contributed by atoms with Gasteiger partial charge in [-0.15, -0.1) is 0 Å². The number of rotatable bonds is 6. The van der Waals surface area contributed by atoms with Crippen molar-refractivity contribution < 1.29 is 5.11 Å². The zero-order chi connectivity index (χ0) is 26.6. The first kappa shape index (κ1) is 24.1. The van der Waals surface area contributed by atoms with Crippen LogP contribution in [0.3, 0.4) is 0 Å². The summed E-state index contributed by atoms with van der Waals surface area (Å²) < 4.78 is 0. The number of phenols is 1. The Labute approximate surface area is 229 Å². The van der Waals surface area contributed by atoms with Crippen molar-refractivity contribution in [2.45, 2.75) is 0 Å². The Kier molecular flexibility index (Phi) is 6.55. The maximum atomic E-state index is 11.6. The number of hydrogen-bond donors (Lipinski definition) is 2. The number of hydrogen-bond acceptors (Lipinski definition) is 3. The van der Waals surface area contributed by atoms with Gasteiger partial charge in [0.2, 0.25) is 0 Å². The van der Waals surface area contributed by atoms with Gasteiger partial charge in [-0.2, -0.15) is 0 Å². The topological polar surface area (TPSA) is 49.5 Å². The van der Waals surface area contributed by atoms with Gasteiger partial charge in [-0.3, -0.25) is 0 Å². The summed E-state index contributed by atoms with van der Waals surface area (Å²) in [5.74, 6) is 0.175. The van der Waals surface area contributed by atoms with Gasteiger partial charge < -0.3 is 15.7 Å². The zero-order valence-electron chi connectivity index (χ0n) is 21.4. The third kappa shape index (κ3) is 4.74. The Morgan fingerprint density at radius 2 is 0.846 bits per heavy atom. The van der Waals surface area contributed by atoms with Crippen LogP contribution in [0.4, 0.5) is 22.7 Å². The van der Waals surface area contributed by atoms with Crippen molar-refractivity contribution in [1.82, 2.24) is 0 Å². The van der Waals surface area contributed by atoms with Gasteiger partial charge in [0, 0.05) is 33.8 Å². The molecule has 0 unspecified atom stereocenters. The maximum Gasteiger partial charge on any atom is 0.133 e. The zero-order valence-corrected chi connectivity index (χ0v) is 21.4. The molecule has 6 rings (SSSR count). The minimum Gasteiger partial charge on any atom is -0.507 e. The minimum atomic E-state index is 0.175. The van der Waals surface area contributed by atoms with Crippen LogP contribution in [-0.2, 0) is 0 Å².